The smallest absolute Gasteiger partial charge is 0.331 e. The fourth-order valence-electron chi connectivity index (χ4n) is 4.09. The number of H-pyrrole nitrogens is 1. The number of nitrogens with one attached hydrogen (secondary N) is 3. The zero-order chi connectivity index (χ0) is 22.1. The van der Waals surface area contributed by atoms with Crippen LogP contribution in [0.4, 0.5) is 10.1 Å². The van der Waals surface area contributed by atoms with Gasteiger partial charge in [0.05, 0.1) is 17.6 Å². The number of imidazole rings is 1. The number of piperidine rings is 1. The van der Waals surface area contributed by atoms with Gasteiger partial charge in [0.1, 0.15) is 23.4 Å². The second-order valence-electron chi connectivity index (χ2n) is 7.45. The molecule has 3 N–H and O–H groups in total. The van der Waals surface area contributed by atoms with Crippen molar-refractivity contribution >= 4 is 23.5 Å². The Bertz CT molecular complexity index is 1260. The zero-order valence-electron chi connectivity index (χ0n) is 16.9. The lowest BCUT2D eigenvalue weighted by molar-refractivity contribution is 0.472. The van der Waals surface area contributed by atoms with Crippen molar-refractivity contribution in [3.05, 3.63) is 52.6 Å². The Morgan fingerprint density at radius 2 is 2.16 bits per heavy atom. The van der Waals surface area contributed by atoms with Crippen molar-refractivity contribution in [3.63, 3.8) is 0 Å². The van der Waals surface area contributed by atoms with Gasteiger partial charge in [-0.05, 0) is 25.0 Å². The molecule has 31 heavy (non-hydrogen) atoms. The fourth-order valence-corrected chi connectivity index (χ4v) is 4.09. The summed E-state index contributed by atoms with van der Waals surface area (Å²) >= 11 is 0. The predicted octanol–water partition coefficient (Wildman–Crippen LogP) is 2.43. The molecule has 0 unspecified atom stereocenters. The van der Waals surface area contributed by atoms with Gasteiger partial charge in [0.15, 0.2) is 0 Å². The van der Waals surface area contributed by atoms with E-state index in [2.05, 4.69) is 16.0 Å². The van der Waals surface area contributed by atoms with Crippen LogP contribution >= 0.6 is 0 Å². The number of halogens is 1. The lowest BCUT2D eigenvalue weighted by atomic mass is 9.92. The highest BCUT2D eigenvalue weighted by Gasteiger charge is 2.29. The molecule has 158 valence electrons. The average molecular weight is 420 g/mol. The molecule has 1 fully saturated rings. The van der Waals surface area contributed by atoms with E-state index >= 15 is 4.39 Å². The molecule has 0 radical (unpaired) electrons. The van der Waals surface area contributed by atoms with Crippen molar-refractivity contribution in [1.82, 2.24) is 19.3 Å². The summed E-state index contributed by atoms with van der Waals surface area (Å²) in [5.74, 6) is -0.156. The molecule has 0 saturated carbocycles. The number of aromatic nitrogens is 3. The summed E-state index contributed by atoms with van der Waals surface area (Å²) in [7, 11) is 1.67. The van der Waals surface area contributed by atoms with Crippen molar-refractivity contribution in [1.29, 1.82) is 16.1 Å². The van der Waals surface area contributed by atoms with E-state index in [4.69, 9.17) is 10.8 Å². The molecule has 10 heteroatoms. The predicted molar refractivity (Wildman–Crippen MR) is 115 cm³/mol. The largest absolute Gasteiger partial charge is 0.370 e. The molecule has 0 bridgehead atoms. The van der Waals surface area contributed by atoms with E-state index in [0.29, 0.717) is 54.2 Å². The SMILES string of the molecule is CN(C=N)C(=N)C1CCN(c2c(C#N)ccc(F)c2-c2c[nH]c(=O)n3ccnc23)CC1. The van der Waals surface area contributed by atoms with Gasteiger partial charge in [0.25, 0.3) is 0 Å². The Labute approximate surface area is 177 Å². The minimum Gasteiger partial charge on any atom is -0.370 e. The molecule has 0 aliphatic carbocycles. The first kappa shape index (κ1) is 20.3. The number of hydrogen-bond donors (Lipinski definition) is 3. The molecule has 1 aromatic carbocycles. The number of amidine groups is 1. The molecule has 0 atom stereocenters. The van der Waals surface area contributed by atoms with Gasteiger partial charge in [0.2, 0.25) is 0 Å². The topological polar surface area (TPSA) is 128 Å². The van der Waals surface area contributed by atoms with E-state index in [-0.39, 0.29) is 17.2 Å². The Morgan fingerprint density at radius 1 is 1.42 bits per heavy atom. The maximum Gasteiger partial charge on any atom is 0.331 e. The van der Waals surface area contributed by atoms with Crippen molar-refractivity contribution < 1.29 is 4.39 Å². The molecule has 4 rings (SSSR count). The molecular formula is C21H21FN8O. The summed E-state index contributed by atoms with van der Waals surface area (Å²) in [6, 6.07) is 4.87. The maximum atomic E-state index is 15.2. The molecule has 1 aliphatic rings. The van der Waals surface area contributed by atoms with Gasteiger partial charge in [-0.2, -0.15) is 5.26 Å². The Morgan fingerprint density at radius 3 is 2.84 bits per heavy atom. The lowest BCUT2D eigenvalue weighted by Gasteiger charge is -2.36. The van der Waals surface area contributed by atoms with Crippen LogP contribution < -0.4 is 10.6 Å². The molecule has 2 aromatic heterocycles. The van der Waals surface area contributed by atoms with Crippen LogP contribution in [-0.4, -0.2) is 51.6 Å². The molecule has 3 aromatic rings. The first-order valence-corrected chi connectivity index (χ1v) is 9.80. The second-order valence-corrected chi connectivity index (χ2v) is 7.45. The van der Waals surface area contributed by atoms with Crippen LogP contribution in [0, 0.1) is 33.9 Å². The van der Waals surface area contributed by atoms with Gasteiger partial charge < -0.3 is 14.8 Å². The van der Waals surface area contributed by atoms with Crippen molar-refractivity contribution in [2.24, 2.45) is 5.92 Å². The van der Waals surface area contributed by atoms with E-state index in [0.717, 1.165) is 6.34 Å². The second kappa shape index (κ2) is 8.02. The first-order chi connectivity index (χ1) is 15.0. The van der Waals surface area contributed by atoms with Crippen molar-refractivity contribution in [3.8, 4) is 17.2 Å². The van der Waals surface area contributed by atoms with E-state index in [9.17, 15) is 10.1 Å². The van der Waals surface area contributed by atoms with E-state index < -0.39 is 5.82 Å². The summed E-state index contributed by atoms with van der Waals surface area (Å²) in [5, 5.41) is 25.3. The van der Waals surface area contributed by atoms with Gasteiger partial charge >= 0.3 is 5.69 Å². The monoisotopic (exact) mass is 420 g/mol. The number of fused-ring (bicyclic) bond motifs is 1. The minimum absolute atomic E-state index is 0.0162. The Hall–Kier alpha value is -4.00. The zero-order valence-corrected chi connectivity index (χ0v) is 16.9. The van der Waals surface area contributed by atoms with E-state index in [1.54, 1.807) is 7.05 Å². The lowest BCUT2D eigenvalue weighted by Crippen LogP contribution is -2.41. The third-order valence-corrected chi connectivity index (χ3v) is 5.73. The highest BCUT2D eigenvalue weighted by atomic mass is 19.1. The number of benzene rings is 1. The van der Waals surface area contributed by atoms with Crippen LogP contribution in [0.15, 0.2) is 35.5 Å². The number of nitrogens with zero attached hydrogens (tertiary/aromatic N) is 5. The highest BCUT2D eigenvalue weighted by molar-refractivity contribution is 5.91. The molecule has 9 nitrogen and oxygen atoms in total. The standard InChI is InChI=1S/C21H21FN8O/c1-28(12-24)19(25)13-4-7-29(8-5-13)18-14(10-23)2-3-16(22)17(18)15-11-27-21(31)30-9-6-26-20(15)30/h2-3,6,9,11-13,24-25H,4-5,7-8H2,1H3,(H,27,31). The number of rotatable bonds is 4. The average Bonchev–Trinajstić information content (AvgIpc) is 3.30. The quantitative estimate of drug-likeness (QED) is 0.441. The number of nitriles is 1. The fraction of sp³-hybridized carbons (Fsp3) is 0.286. The number of aromatic amines is 1. The minimum atomic E-state index is -0.510. The maximum absolute atomic E-state index is 15.2. The van der Waals surface area contributed by atoms with E-state index in [1.165, 1.54) is 40.0 Å². The van der Waals surface area contributed by atoms with Crippen LogP contribution in [0.3, 0.4) is 0 Å². The highest BCUT2D eigenvalue weighted by Crippen LogP contribution is 2.39. The molecule has 1 saturated heterocycles. The van der Waals surface area contributed by atoms with Gasteiger partial charge in [-0.25, -0.2) is 14.2 Å². The van der Waals surface area contributed by atoms with Crippen LogP contribution in [0.5, 0.6) is 0 Å². The van der Waals surface area contributed by atoms with Crippen molar-refractivity contribution in [2.45, 2.75) is 12.8 Å². The van der Waals surface area contributed by atoms with Gasteiger partial charge in [-0.15, -0.1) is 0 Å². The van der Waals surface area contributed by atoms with Crippen molar-refractivity contribution in [2.75, 3.05) is 25.0 Å². The van der Waals surface area contributed by atoms with Crippen LogP contribution in [0.25, 0.3) is 16.8 Å². The summed E-state index contributed by atoms with van der Waals surface area (Å²) in [6.07, 6.45) is 6.79. The summed E-state index contributed by atoms with van der Waals surface area (Å²) in [6.45, 7) is 1.05. The van der Waals surface area contributed by atoms with Gasteiger partial charge in [-0.3, -0.25) is 15.2 Å². The van der Waals surface area contributed by atoms with Gasteiger partial charge in [-0.1, -0.05) is 0 Å². The molecular weight excluding hydrogens is 399 g/mol. The molecule has 3 heterocycles. The number of anilines is 1. The summed E-state index contributed by atoms with van der Waals surface area (Å²) in [5.41, 5.74) is 1.33. The molecule has 0 spiro atoms. The Kier molecular flexibility index (Phi) is 5.25. The third-order valence-electron chi connectivity index (χ3n) is 5.73. The first-order valence-electron chi connectivity index (χ1n) is 9.80. The third kappa shape index (κ3) is 3.44. The summed E-state index contributed by atoms with van der Waals surface area (Å²) in [4.78, 5) is 22.3. The van der Waals surface area contributed by atoms with Crippen LogP contribution in [-0.2, 0) is 0 Å². The summed E-state index contributed by atoms with van der Waals surface area (Å²) < 4.78 is 16.5. The van der Waals surface area contributed by atoms with Crippen LogP contribution in [0.2, 0.25) is 0 Å². The molecule has 1 aliphatic heterocycles. The normalized spacial score (nSPS) is 14.4. The van der Waals surface area contributed by atoms with E-state index in [1.807, 2.05) is 4.90 Å². The Balaban J connectivity index is 1.78. The van der Waals surface area contributed by atoms with Gasteiger partial charge in [0, 0.05) is 55.8 Å². The van der Waals surface area contributed by atoms with Crippen LogP contribution in [0.1, 0.15) is 18.4 Å². The molecule has 0 amide bonds. The number of hydrogen-bond acceptors (Lipinski definition) is 6.